The lowest BCUT2D eigenvalue weighted by Gasteiger charge is -2.13. The number of rotatable bonds is 3. The summed E-state index contributed by atoms with van der Waals surface area (Å²) in [6.07, 6.45) is 3.05. The van der Waals surface area contributed by atoms with Crippen LogP contribution in [0.15, 0.2) is 30.3 Å². The number of aromatic nitrogens is 1. The summed E-state index contributed by atoms with van der Waals surface area (Å²) in [5.41, 5.74) is 3.94. The Hall–Kier alpha value is -2.07. The van der Waals surface area contributed by atoms with E-state index in [1.54, 1.807) is 6.92 Å². The van der Waals surface area contributed by atoms with Gasteiger partial charge in [0.05, 0.1) is 19.8 Å². The van der Waals surface area contributed by atoms with Gasteiger partial charge in [-0.15, -0.1) is 0 Å². The third-order valence-corrected chi connectivity index (χ3v) is 3.45. The molecule has 0 saturated heterocycles. The number of esters is 1. The van der Waals surface area contributed by atoms with Gasteiger partial charge in [0, 0.05) is 10.9 Å². The van der Waals surface area contributed by atoms with E-state index in [1.807, 2.05) is 12.1 Å². The summed E-state index contributed by atoms with van der Waals surface area (Å²) in [6, 6.07) is 8.02. The molecular formula is C16H17NO3. The minimum absolute atomic E-state index is 0.310. The number of carbonyl (C=O) groups is 1. The predicted octanol–water partition coefficient (Wildman–Crippen LogP) is 3.15. The quantitative estimate of drug-likeness (QED) is 0.872. The maximum atomic E-state index is 11.7. The molecule has 1 aliphatic rings. The van der Waals surface area contributed by atoms with E-state index in [1.165, 1.54) is 11.1 Å². The van der Waals surface area contributed by atoms with E-state index in [2.05, 4.69) is 23.2 Å². The molecule has 0 fully saturated rings. The molecule has 1 aliphatic heterocycles. The van der Waals surface area contributed by atoms with Crippen LogP contribution in [0.4, 0.5) is 0 Å². The number of H-pyrrole nitrogens is 1. The SMILES string of the molecule is CCOC(=O)c1cc2cc(C3=CCOCC3)ccc2[nH]1. The van der Waals surface area contributed by atoms with E-state index in [9.17, 15) is 4.79 Å². The fourth-order valence-corrected chi connectivity index (χ4v) is 2.44. The van der Waals surface area contributed by atoms with Crippen molar-refractivity contribution >= 4 is 22.4 Å². The fraction of sp³-hybridized carbons (Fsp3) is 0.312. The van der Waals surface area contributed by atoms with Crippen molar-refractivity contribution in [1.29, 1.82) is 0 Å². The summed E-state index contributed by atoms with van der Waals surface area (Å²) < 4.78 is 10.3. The van der Waals surface area contributed by atoms with Crippen molar-refractivity contribution in [1.82, 2.24) is 4.98 Å². The second-order valence-corrected chi connectivity index (χ2v) is 4.76. The first-order valence-electron chi connectivity index (χ1n) is 6.85. The number of benzene rings is 1. The number of aromatic amines is 1. The van der Waals surface area contributed by atoms with E-state index < -0.39 is 0 Å². The Morgan fingerprint density at radius 3 is 3.05 bits per heavy atom. The van der Waals surface area contributed by atoms with E-state index >= 15 is 0 Å². The second-order valence-electron chi connectivity index (χ2n) is 4.76. The molecule has 2 aromatic rings. The summed E-state index contributed by atoms with van der Waals surface area (Å²) in [4.78, 5) is 14.8. The highest BCUT2D eigenvalue weighted by atomic mass is 16.5. The molecule has 0 aliphatic carbocycles. The number of ether oxygens (including phenoxy) is 2. The highest BCUT2D eigenvalue weighted by Crippen LogP contribution is 2.25. The first-order valence-corrected chi connectivity index (χ1v) is 6.85. The Kier molecular flexibility index (Phi) is 3.56. The van der Waals surface area contributed by atoms with Crippen molar-refractivity contribution in [3.05, 3.63) is 41.6 Å². The Morgan fingerprint density at radius 2 is 2.30 bits per heavy atom. The van der Waals surface area contributed by atoms with Gasteiger partial charge in [-0.3, -0.25) is 0 Å². The van der Waals surface area contributed by atoms with Crippen molar-refractivity contribution in [3.63, 3.8) is 0 Å². The molecule has 0 unspecified atom stereocenters. The van der Waals surface area contributed by atoms with Crippen LogP contribution < -0.4 is 0 Å². The highest BCUT2D eigenvalue weighted by molar-refractivity contribution is 5.95. The molecule has 4 heteroatoms. The van der Waals surface area contributed by atoms with Gasteiger partial charge in [-0.2, -0.15) is 0 Å². The molecule has 1 N–H and O–H groups in total. The first kappa shape index (κ1) is 12.9. The van der Waals surface area contributed by atoms with Crippen LogP contribution in [0.1, 0.15) is 29.4 Å². The summed E-state index contributed by atoms with van der Waals surface area (Å²) >= 11 is 0. The van der Waals surface area contributed by atoms with Crippen molar-refractivity contribution in [2.75, 3.05) is 19.8 Å². The normalized spacial score (nSPS) is 15.2. The van der Waals surface area contributed by atoms with Crippen molar-refractivity contribution in [2.24, 2.45) is 0 Å². The minimum Gasteiger partial charge on any atom is -0.461 e. The Labute approximate surface area is 117 Å². The highest BCUT2D eigenvalue weighted by Gasteiger charge is 2.12. The van der Waals surface area contributed by atoms with Crippen LogP contribution in [0.2, 0.25) is 0 Å². The molecule has 20 heavy (non-hydrogen) atoms. The van der Waals surface area contributed by atoms with Crippen LogP contribution in [-0.2, 0) is 9.47 Å². The standard InChI is InChI=1S/C16H17NO3/c1-2-20-16(18)15-10-13-9-12(3-4-14(13)17-15)11-5-7-19-8-6-11/h3-5,9-10,17H,2,6-8H2,1H3. The fourth-order valence-electron chi connectivity index (χ4n) is 2.44. The van der Waals surface area contributed by atoms with Crippen molar-refractivity contribution in [2.45, 2.75) is 13.3 Å². The molecule has 0 bridgehead atoms. The largest absolute Gasteiger partial charge is 0.461 e. The van der Waals surface area contributed by atoms with Crippen LogP contribution in [0.5, 0.6) is 0 Å². The zero-order valence-electron chi connectivity index (χ0n) is 11.4. The molecule has 4 nitrogen and oxygen atoms in total. The van der Waals surface area contributed by atoms with Gasteiger partial charge in [0.15, 0.2) is 0 Å². The Morgan fingerprint density at radius 1 is 1.40 bits per heavy atom. The van der Waals surface area contributed by atoms with Gasteiger partial charge in [0.1, 0.15) is 5.69 Å². The molecule has 3 rings (SSSR count). The molecule has 0 radical (unpaired) electrons. The lowest BCUT2D eigenvalue weighted by Crippen LogP contribution is -2.04. The molecule has 0 saturated carbocycles. The van der Waals surface area contributed by atoms with Gasteiger partial charge in [0.2, 0.25) is 0 Å². The van der Waals surface area contributed by atoms with Gasteiger partial charge in [0.25, 0.3) is 0 Å². The molecule has 1 aromatic heterocycles. The molecule has 0 spiro atoms. The Balaban J connectivity index is 1.95. The summed E-state index contributed by atoms with van der Waals surface area (Å²) in [5.74, 6) is -0.310. The second kappa shape index (κ2) is 5.51. The van der Waals surface area contributed by atoms with Gasteiger partial charge < -0.3 is 14.5 Å². The first-order chi connectivity index (χ1) is 9.78. The number of hydrogen-bond donors (Lipinski definition) is 1. The van der Waals surface area contributed by atoms with E-state index in [0.29, 0.717) is 18.9 Å². The third-order valence-electron chi connectivity index (χ3n) is 3.45. The van der Waals surface area contributed by atoms with E-state index in [0.717, 1.165) is 23.9 Å². The molecule has 2 heterocycles. The monoisotopic (exact) mass is 271 g/mol. The summed E-state index contributed by atoms with van der Waals surface area (Å²) in [7, 11) is 0. The van der Waals surface area contributed by atoms with Crippen LogP contribution in [0.3, 0.4) is 0 Å². The topological polar surface area (TPSA) is 51.3 Å². The van der Waals surface area contributed by atoms with Crippen LogP contribution in [-0.4, -0.2) is 30.8 Å². The zero-order valence-corrected chi connectivity index (χ0v) is 11.4. The van der Waals surface area contributed by atoms with Crippen LogP contribution in [0.25, 0.3) is 16.5 Å². The maximum Gasteiger partial charge on any atom is 0.354 e. The van der Waals surface area contributed by atoms with Crippen molar-refractivity contribution < 1.29 is 14.3 Å². The van der Waals surface area contributed by atoms with Crippen LogP contribution >= 0.6 is 0 Å². The molecule has 0 amide bonds. The van der Waals surface area contributed by atoms with Crippen LogP contribution in [0, 0.1) is 0 Å². The van der Waals surface area contributed by atoms with Gasteiger partial charge in [-0.05, 0) is 42.7 Å². The predicted molar refractivity (Wildman–Crippen MR) is 77.7 cm³/mol. The average molecular weight is 271 g/mol. The van der Waals surface area contributed by atoms with Gasteiger partial charge >= 0.3 is 5.97 Å². The van der Waals surface area contributed by atoms with E-state index in [4.69, 9.17) is 9.47 Å². The minimum atomic E-state index is -0.310. The smallest absolute Gasteiger partial charge is 0.354 e. The number of fused-ring (bicyclic) bond motifs is 1. The number of hydrogen-bond acceptors (Lipinski definition) is 3. The third kappa shape index (κ3) is 2.47. The molecule has 1 aromatic carbocycles. The van der Waals surface area contributed by atoms with Gasteiger partial charge in [-0.1, -0.05) is 12.1 Å². The average Bonchev–Trinajstić information content (AvgIpc) is 2.91. The zero-order chi connectivity index (χ0) is 13.9. The lowest BCUT2D eigenvalue weighted by atomic mass is 10.0. The number of carbonyl (C=O) groups excluding carboxylic acids is 1. The van der Waals surface area contributed by atoms with Crippen molar-refractivity contribution in [3.8, 4) is 0 Å². The number of nitrogens with one attached hydrogen (secondary N) is 1. The molecule has 0 atom stereocenters. The summed E-state index contributed by atoms with van der Waals surface area (Å²) in [5, 5.41) is 1.03. The Bertz CT molecular complexity index is 669. The lowest BCUT2D eigenvalue weighted by molar-refractivity contribution is 0.0520. The summed E-state index contributed by atoms with van der Waals surface area (Å²) in [6.45, 7) is 3.63. The molecule has 104 valence electrons. The maximum absolute atomic E-state index is 11.7. The molecular weight excluding hydrogens is 254 g/mol. The van der Waals surface area contributed by atoms with Gasteiger partial charge in [-0.25, -0.2) is 4.79 Å². The van der Waals surface area contributed by atoms with E-state index in [-0.39, 0.29) is 5.97 Å².